The summed E-state index contributed by atoms with van der Waals surface area (Å²) in [7, 11) is 0. The molecule has 0 saturated heterocycles. The molecule has 0 aliphatic rings. The van der Waals surface area contributed by atoms with E-state index in [1.165, 1.54) is 0 Å². The molecule has 0 radical (unpaired) electrons. The molecule has 4 heteroatoms. The number of halogens is 1. The molecular formula is C13H20BrNO2. The second-order valence-electron chi connectivity index (χ2n) is 3.90. The molecule has 1 N–H and O–H groups in total. The Morgan fingerprint density at radius 2 is 1.82 bits per heavy atom. The molecule has 0 fully saturated rings. The van der Waals surface area contributed by atoms with Crippen LogP contribution in [0.25, 0.3) is 0 Å². The van der Waals surface area contributed by atoms with Crippen LogP contribution in [0.5, 0.6) is 5.75 Å². The van der Waals surface area contributed by atoms with Crippen LogP contribution in [-0.2, 0) is 0 Å². The van der Waals surface area contributed by atoms with Crippen molar-refractivity contribution in [3.8, 4) is 5.75 Å². The van der Waals surface area contributed by atoms with Gasteiger partial charge >= 0.3 is 0 Å². The van der Waals surface area contributed by atoms with E-state index in [-0.39, 0.29) is 0 Å². The maximum Gasteiger partial charge on any atom is 0.119 e. The van der Waals surface area contributed by atoms with Crippen LogP contribution in [0.1, 0.15) is 13.8 Å². The van der Waals surface area contributed by atoms with E-state index in [9.17, 15) is 5.11 Å². The summed E-state index contributed by atoms with van der Waals surface area (Å²) in [5, 5.41) is 9.82. The summed E-state index contributed by atoms with van der Waals surface area (Å²) >= 11 is 3.37. The van der Waals surface area contributed by atoms with Crippen LogP contribution in [-0.4, -0.2) is 42.4 Å². The first-order chi connectivity index (χ1) is 8.15. The lowest BCUT2D eigenvalue weighted by Crippen LogP contribution is -2.35. The van der Waals surface area contributed by atoms with Crippen LogP contribution in [0.3, 0.4) is 0 Å². The number of aliphatic hydroxyl groups excluding tert-OH is 1. The van der Waals surface area contributed by atoms with Gasteiger partial charge in [-0.1, -0.05) is 29.8 Å². The third-order valence-corrected chi connectivity index (χ3v) is 3.15. The van der Waals surface area contributed by atoms with Crippen LogP contribution >= 0.6 is 15.9 Å². The Morgan fingerprint density at radius 3 is 2.35 bits per heavy atom. The van der Waals surface area contributed by atoms with Gasteiger partial charge in [0.05, 0.1) is 0 Å². The molecule has 17 heavy (non-hydrogen) atoms. The molecule has 0 aromatic heterocycles. The Balaban J connectivity index is 2.32. The lowest BCUT2D eigenvalue weighted by molar-refractivity contribution is 0.0716. The molecule has 1 aromatic carbocycles. The number of nitrogens with zero attached hydrogens (tertiary/aromatic N) is 1. The topological polar surface area (TPSA) is 32.7 Å². The number of benzene rings is 1. The SMILES string of the molecule is CCN(CC)CC(O)COc1ccc(Br)cc1. The highest BCUT2D eigenvalue weighted by Crippen LogP contribution is 2.16. The number of hydrogen-bond acceptors (Lipinski definition) is 3. The van der Waals surface area contributed by atoms with E-state index >= 15 is 0 Å². The van der Waals surface area contributed by atoms with E-state index in [0.717, 1.165) is 23.3 Å². The summed E-state index contributed by atoms with van der Waals surface area (Å²) in [5.41, 5.74) is 0. The molecule has 1 rings (SSSR count). The quantitative estimate of drug-likeness (QED) is 0.840. The minimum Gasteiger partial charge on any atom is -0.491 e. The zero-order valence-electron chi connectivity index (χ0n) is 10.4. The van der Waals surface area contributed by atoms with Crippen LogP contribution < -0.4 is 4.74 Å². The maximum atomic E-state index is 9.82. The number of aliphatic hydroxyl groups is 1. The van der Waals surface area contributed by atoms with E-state index < -0.39 is 6.10 Å². The van der Waals surface area contributed by atoms with Crippen molar-refractivity contribution in [3.63, 3.8) is 0 Å². The summed E-state index contributed by atoms with van der Waals surface area (Å²) in [5.74, 6) is 0.784. The van der Waals surface area contributed by atoms with Crippen molar-refractivity contribution in [2.75, 3.05) is 26.2 Å². The highest BCUT2D eigenvalue weighted by molar-refractivity contribution is 9.10. The van der Waals surface area contributed by atoms with Gasteiger partial charge in [0.1, 0.15) is 18.5 Å². The minimum atomic E-state index is -0.446. The molecule has 96 valence electrons. The predicted molar refractivity (Wildman–Crippen MR) is 73.4 cm³/mol. The second kappa shape index (κ2) is 7.69. The van der Waals surface area contributed by atoms with Gasteiger partial charge in [0.25, 0.3) is 0 Å². The van der Waals surface area contributed by atoms with Gasteiger partial charge in [-0.05, 0) is 37.4 Å². The molecule has 1 unspecified atom stereocenters. The molecule has 0 spiro atoms. The van der Waals surface area contributed by atoms with E-state index in [1.54, 1.807) is 0 Å². The van der Waals surface area contributed by atoms with Gasteiger partial charge < -0.3 is 14.7 Å². The molecule has 0 aliphatic carbocycles. The molecular weight excluding hydrogens is 282 g/mol. The van der Waals surface area contributed by atoms with Gasteiger partial charge in [0.2, 0.25) is 0 Å². The molecule has 0 saturated carbocycles. The van der Waals surface area contributed by atoms with Crippen LogP contribution in [0.2, 0.25) is 0 Å². The smallest absolute Gasteiger partial charge is 0.119 e. The minimum absolute atomic E-state index is 0.331. The summed E-state index contributed by atoms with van der Waals surface area (Å²) in [6.07, 6.45) is -0.446. The van der Waals surface area contributed by atoms with Gasteiger partial charge in [0, 0.05) is 11.0 Å². The Labute approximate surface area is 112 Å². The number of ether oxygens (including phenoxy) is 1. The number of rotatable bonds is 7. The van der Waals surface area contributed by atoms with Crippen molar-refractivity contribution in [2.24, 2.45) is 0 Å². The van der Waals surface area contributed by atoms with Gasteiger partial charge in [-0.3, -0.25) is 0 Å². The molecule has 0 heterocycles. The maximum absolute atomic E-state index is 9.82. The number of hydrogen-bond donors (Lipinski definition) is 1. The fourth-order valence-electron chi connectivity index (χ4n) is 1.56. The third-order valence-electron chi connectivity index (χ3n) is 2.62. The van der Waals surface area contributed by atoms with Crippen LogP contribution in [0.15, 0.2) is 28.7 Å². The summed E-state index contributed by atoms with van der Waals surface area (Å²) in [6.45, 7) is 7.07. The van der Waals surface area contributed by atoms with E-state index in [4.69, 9.17) is 4.74 Å². The summed E-state index contributed by atoms with van der Waals surface area (Å²) in [4.78, 5) is 2.18. The van der Waals surface area contributed by atoms with Gasteiger partial charge in [-0.2, -0.15) is 0 Å². The van der Waals surface area contributed by atoms with Crippen molar-refractivity contribution in [1.29, 1.82) is 0 Å². The zero-order chi connectivity index (χ0) is 12.7. The Hall–Kier alpha value is -0.580. The largest absolute Gasteiger partial charge is 0.491 e. The molecule has 0 amide bonds. The van der Waals surface area contributed by atoms with E-state index in [2.05, 4.69) is 34.7 Å². The Bertz CT molecular complexity index is 312. The van der Waals surface area contributed by atoms with Crippen molar-refractivity contribution in [3.05, 3.63) is 28.7 Å². The molecule has 1 atom stereocenters. The first-order valence-corrected chi connectivity index (χ1v) is 6.73. The van der Waals surface area contributed by atoms with Gasteiger partial charge in [-0.15, -0.1) is 0 Å². The van der Waals surface area contributed by atoms with Crippen molar-refractivity contribution in [2.45, 2.75) is 20.0 Å². The zero-order valence-corrected chi connectivity index (χ0v) is 12.0. The highest BCUT2D eigenvalue weighted by atomic mass is 79.9. The van der Waals surface area contributed by atoms with E-state index in [0.29, 0.717) is 13.2 Å². The molecule has 0 bridgehead atoms. The summed E-state index contributed by atoms with van der Waals surface area (Å²) in [6, 6.07) is 7.61. The summed E-state index contributed by atoms with van der Waals surface area (Å²) < 4.78 is 6.54. The monoisotopic (exact) mass is 301 g/mol. The average Bonchev–Trinajstić information content (AvgIpc) is 2.35. The standard InChI is InChI=1S/C13H20BrNO2/c1-3-15(4-2)9-12(16)10-17-13-7-5-11(14)6-8-13/h5-8,12,16H,3-4,9-10H2,1-2H3. The van der Waals surface area contributed by atoms with E-state index in [1.807, 2.05) is 24.3 Å². The molecule has 0 aliphatic heterocycles. The molecule has 1 aromatic rings. The normalized spacial score (nSPS) is 12.8. The van der Waals surface area contributed by atoms with Crippen molar-refractivity contribution >= 4 is 15.9 Å². The Kier molecular flexibility index (Phi) is 6.55. The Morgan fingerprint density at radius 1 is 1.24 bits per heavy atom. The average molecular weight is 302 g/mol. The lowest BCUT2D eigenvalue weighted by Gasteiger charge is -2.21. The van der Waals surface area contributed by atoms with Gasteiger partial charge in [0.15, 0.2) is 0 Å². The number of likely N-dealkylation sites (N-methyl/N-ethyl adjacent to an activating group) is 1. The first kappa shape index (κ1) is 14.5. The van der Waals surface area contributed by atoms with Crippen LogP contribution in [0.4, 0.5) is 0 Å². The fraction of sp³-hybridized carbons (Fsp3) is 0.538. The fourth-order valence-corrected chi connectivity index (χ4v) is 1.82. The highest BCUT2D eigenvalue weighted by Gasteiger charge is 2.09. The second-order valence-corrected chi connectivity index (χ2v) is 4.82. The third kappa shape index (κ3) is 5.52. The van der Waals surface area contributed by atoms with Crippen molar-refractivity contribution < 1.29 is 9.84 Å². The lowest BCUT2D eigenvalue weighted by atomic mass is 10.3. The first-order valence-electron chi connectivity index (χ1n) is 5.94. The van der Waals surface area contributed by atoms with Crippen LogP contribution in [0, 0.1) is 0 Å². The predicted octanol–water partition coefficient (Wildman–Crippen LogP) is 2.53. The van der Waals surface area contributed by atoms with Gasteiger partial charge in [-0.25, -0.2) is 0 Å². The molecule has 3 nitrogen and oxygen atoms in total. The van der Waals surface area contributed by atoms with Crippen molar-refractivity contribution in [1.82, 2.24) is 4.90 Å².